The zero-order valence-electron chi connectivity index (χ0n) is 9.15. The predicted molar refractivity (Wildman–Crippen MR) is 55.1 cm³/mol. The third kappa shape index (κ3) is 4.26. The average Bonchev–Trinajstić information content (AvgIpc) is 2.29. The van der Waals surface area contributed by atoms with Crippen molar-refractivity contribution in [2.24, 2.45) is 0 Å². The molecule has 0 fully saturated rings. The van der Waals surface area contributed by atoms with Gasteiger partial charge in [0.15, 0.2) is 11.5 Å². The second kappa shape index (κ2) is 6.03. The lowest BCUT2D eigenvalue weighted by Crippen LogP contribution is -2.04. The Kier molecular flexibility index (Phi) is 4.68. The van der Waals surface area contributed by atoms with Crippen molar-refractivity contribution in [3.8, 4) is 11.5 Å². The third-order valence-corrected chi connectivity index (χ3v) is 2.09. The summed E-state index contributed by atoms with van der Waals surface area (Å²) in [6.45, 7) is -3.00. The lowest BCUT2D eigenvalue weighted by molar-refractivity contribution is -0.140. The summed E-state index contributed by atoms with van der Waals surface area (Å²) in [5, 5.41) is 9.26. The number of phenolic OH excluding ortho intramolecular Hbond substituents is 1. The van der Waals surface area contributed by atoms with E-state index in [0.29, 0.717) is 12.0 Å². The van der Waals surface area contributed by atoms with Crippen LogP contribution in [0.3, 0.4) is 0 Å². The van der Waals surface area contributed by atoms with Crippen LogP contribution in [0.1, 0.15) is 12.0 Å². The van der Waals surface area contributed by atoms with E-state index in [0.717, 1.165) is 0 Å². The second-order valence-electron chi connectivity index (χ2n) is 3.26. The van der Waals surface area contributed by atoms with E-state index in [-0.39, 0.29) is 17.9 Å². The summed E-state index contributed by atoms with van der Waals surface area (Å²) in [4.78, 5) is 10.9. The van der Waals surface area contributed by atoms with Gasteiger partial charge in [-0.1, -0.05) is 6.07 Å². The van der Waals surface area contributed by atoms with E-state index in [1.54, 1.807) is 0 Å². The summed E-state index contributed by atoms with van der Waals surface area (Å²) in [5.74, 6) is -1.07. The van der Waals surface area contributed by atoms with Gasteiger partial charge in [0.05, 0.1) is 7.11 Å². The number of phenols is 1. The van der Waals surface area contributed by atoms with Crippen LogP contribution in [-0.2, 0) is 16.0 Å². The average molecular weight is 246 g/mol. The van der Waals surface area contributed by atoms with Crippen LogP contribution in [0.25, 0.3) is 0 Å². The molecule has 6 heteroatoms. The highest BCUT2D eigenvalue weighted by Gasteiger charge is 2.10. The molecule has 0 amide bonds. The smallest absolute Gasteiger partial charge is 0.387 e. The van der Waals surface area contributed by atoms with Gasteiger partial charge in [-0.25, -0.2) is 0 Å². The summed E-state index contributed by atoms with van der Waals surface area (Å²) >= 11 is 0. The van der Waals surface area contributed by atoms with Crippen molar-refractivity contribution >= 4 is 5.97 Å². The number of ether oxygens (including phenoxy) is 2. The van der Waals surface area contributed by atoms with Gasteiger partial charge in [-0.15, -0.1) is 0 Å². The van der Waals surface area contributed by atoms with Crippen LogP contribution in [0.4, 0.5) is 8.78 Å². The number of alkyl halides is 2. The molecular weight excluding hydrogens is 234 g/mol. The van der Waals surface area contributed by atoms with Gasteiger partial charge < -0.3 is 14.6 Å². The Labute approximate surface area is 96.8 Å². The number of methoxy groups -OCH3 is 1. The lowest BCUT2D eigenvalue weighted by Gasteiger charge is -2.08. The van der Waals surface area contributed by atoms with Crippen LogP contribution in [0.15, 0.2) is 18.2 Å². The number of aryl methyl sites for hydroxylation is 1. The first-order valence-corrected chi connectivity index (χ1v) is 4.86. The fraction of sp³-hybridized carbons (Fsp3) is 0.364. The quantitative estimate of drug-likeness (QED) is 0.808. The minimum atomic E-state index is -3.00. The third-order valence-electron chi connectivity index (χ3n) is 2.09. The van der Waals surface area contributed by atoms with E-state index in [1.165, 1.54) is 25.3 Å². The first kappa shape index (κ1) is 13.2. The maximum Gasteiger partial charge on any atom is 0.387 e. The first-order chi connectivity index (χ1) is 8.02. The Bertz CT molecular complexity index is 393. The standard InChI is InChI=1S/C11H12F2O4/c1-16-10(15)5-3-7-2-4-8(14)9(6-7)17-11(12)13/h2,4,6,11,14H,3,5H2,1H3. The molecule has 0 saturated carbocycles. The number of halogens is 2. The van der Waals surface area contributed by atoms with Gasteiger partial charge in [0.1, 0.15) is 0 Å². The number of esters is 1. The molecular formula is C11H12F2O4. The molecule has 1 aromatic rings. The minimum absolute atomic E-state index is 0.134. The van der Waals surface area contributed by atoms with Crippen molar-refractivity contribution in [2.45, 2.75) is 19.5 Å². The predicted octanol–water partition coefficient (Wildman–Crippen LogP) is 2.10. The van der Waals surface area contributed by atoms with Crippen molar-refractivity contribution in [1.82, 2.24) is 0 Å². The number of hydrogen-bond donors (Lipinski definition) is 1. The summed E-state index contributed by atoms with van der Waals surface area (Å²) < 4.78 is 32.6. The Balaban J connectivity index is 2.71. The monoisotopic (exact) mass is 246 g/mol. The molecule has 0 aromatic heterocycles. The van der Waals surface area contributed by atoms with E-state index >= 15 is 0 Å². The SMILES string of the molecule is COC(=O)CCc1ccc(O)c(OC(F)F)c1. The van der Waals surface area contributed by atoms with Crippen LogP contribution in [-0.4, -0.2) is 24.8 Å². The Morgan fingerprint density at radius 3 is 2.76 bits per heavy atom. The van der Waals surface area contributed by atoms with Gasteiger partial charge in [0.2, 0.25) is 0 Å². The molecule has 0 radical (unpaired) electrons. The molecule has 0 heterocycles. The molecule has 17 heavy (non-hydrogen) atoms. The molecule has 1 rings (SSSR count). The zero-order valence-corrected chi connectivity index (χ0v) is 9.15. The minimum Gasteiger partial charge on any atom is -0.504 e. The first-order valence-electron chi connectivity index (χ1n) is 4.86. The highest BCUT2D eigenvalue weighted by molar-refractivity contribution is 5.69. The number of rotatable bonds is 5. The molecule has 0 aliphatic carbocycles. The fourth-order valence-corrected chi connectivity index (χ4v) is 1.25. The number of carbonyl (C=O) groups is 1. The fourth-order valence-electron chi connectivity index (χ4n) is 1.25. The maximum atomic E-state index is 12.0. The highest BCUT2D eigenvalue weighted by Crippen LogP contribution is 2.28. The van der Waals surface area contributed by atoms with Gasteiger partial charge in [0.25, 0.3) is 0 Å². The molecule has 0 bridgehead atoms. The van der Waals surface area contributed by atoms with Gasteiger partial charge in [0, 0.05) is 6.42 Å². The van der Waals surface area contributed by atoms with Crippen molar-refractivity contribution in [1.29, 1.82) is 0 Å². The number of hydrogen-bond acceptors (Lipinski definition) is 4. The molecule has 0 aliphatic heterocycles. The van der Waals surface area contributed by atoms with E-state index in [9.17, 15) is 18.7 Å². The number of carbonyl (C=O) groups excluding carboxylic acids is 1. The van der Waals surface area contributed by atoms with E-state index in [1.807, 2.05) is 0 Å². The van der Waals surface area contributed by atoms with Crippen LogP contribution < -0.4 is 4.74 Å². The maximum absolute atomic E-state index is 12.0. The molecule has 0 atom stereocenters. The molecule has 0 saturated heterocycles. The molecule has 1 aromatic carbocycles. The Morgan fingerprint density at radius 1 is 1.47 bits per heavy atom. The molecule has 94 valence electrons. The lowest BCUT2D eigenvalue weighted by atomic mass is 10.1. The van der Waals surface area contributed by atoms with Gasteiger partial charge in [-0.2, -0.15) is 8.78 Å². The normalized spacial score (nSPS) is 10.4. The number of aromatic hydroxyl groups is 1. The van der Waals surface area contributed by atoms with Crippen LogP contribution >= 0.6 is 0 Å². The summed E-state index contributed by atoms with van der Waals surface area (Å²) in [7, 11) is 1.27. The van der Waals surface area contributed by atoms with E-state index in [2.05, 4.69) is 9.47 Å². The summed E-state index contributed by atoms with van der Waals surface area (Å²) in [5.41, 5.74) is 0.601. The van der Waals surface area contributed by atoms with Gasteiger partial charge in [-0.05, 0) is 24.1 Å². The summed E-state index contributed by atoms with van der Waals surface area (Å²) in [6.07, 6.45) is 0.460. The van der Waals surface area contributed by atoms with Crippen molar-refractivity contribution in [3.63, 3.8) is 0 Å². The molecule has 4 nitrogen and oxygen atoms in total. The van der Waals surface area contributed by atoms with E-state index < -0.39 is 12.6 Å². The number of benzene rings is 1. The Morgan fingerprint density at radius 2 is 2.18 bits per heavy atom. The van der Waals surface area contributed by atoms with Crippen molar-refractivity contribution in [2.75, 3.05) is 7.11 Å². The van der Waals surface area contributed by atoms with Gasteiger partial charge >= 0.3 is 12.6 Å². The summed E-state index contributed by atoms with van der Waals surface area (Å²) in [6, 6.07) is 4.03. The van der Waals surface area contributed by atoms with Crippen LogP contribution in [0.2, 0.25) is 0 Å². The molecule has 1 N–H and O–H groups in total. The highest BCUT2D eigenvalue weighted by atomic mass is 19.3. The van der Waals surface area contributed by atoms with E-state index in [4.69, 9.17) is 0 Å². The van der Waals surface area contributed by atoms with Crippen molar-refractivity contribution < 1.29 is 28.2 Å². The molecule has 0 unspecified atom stereocenters. The molecule has 0 aliphatic rings. The topological polar surface area (TPSA) is 55.8 Å². The van der Waals surface area contributed by atoms with Gasteiger partial charge in [-0.3, -0.25) is 4.79 Å². The Hall–Kier alpha value is -1.85. The molecule has 0 spiro atoms. The zero-order chi connectivity index (χ0) is 12.8. The van der Waals surface area contributed by atoms with Crippen molar-refractivity contribution in [3.05, 3.63) is 23.8 Å². The van der Waals surface area contributed by atoms with Crippen LogP contribution in [0.5, 0.6) is 11.5 Å². The largest absolute Gasteiger partial charge is 0.504 e. The second-order valence-corrected chi connectivity index (χ2v) is 3.26. The van der Waals surface area contributed by atoms with Crippen LogP contribution in [0, 0.1) is 0 Å².